The fraction of sp³-hybridized carbons (Fsp3) is 0.375. The van der Waals surface area contributed by atoms with Gasteiger partial charge in [0.2, 0.25) is 0 Å². The highest BCUT2D eigenvalue weighted by Gasteiger charge is 2.11. The van der Waals surface area contributed by atoms with Gasteiger partial charge in [-0.2, -0.15) is 0 Å². The molecule has 1 rings (SSSR count). The number of hydrogen-bond donors (Lipinski definition) is 1. The zero-order valence-corrected chi connectivity index (χ0v) is 7.52. The quantitative estimate of drug-likeness (QED) is 0.732. The Morgan fingerprint density at radius 3 is 2.75 bits per heavy atom. The first-order valence-electron chi connectivity index (χ1n) is 3.66. The van der Waals surface area contributed by atoms with Gasteiger partial charge >= 0.3 is 0 Å². The topological polar surface area (TPSA) is 56.2 Å². The highest BCUT2D eigenvalue weighted by molar-refractivity contribution is 6.17. The lowest BCUT2D eigenvalue weighted by Gasteiger charge is -1.91. The molecule has 0 bridgehead atoms. The first kappa shape index (κ1) is 9.13. The van der Waals surface area contributed by atoms with Gasteiger partial charge in [0.25, 0.3) is 5.91 Å². The van der Waals surface area contributed by atoms with Crippen LogP contribution in [0, 0.1) is 0 Å². The minimum atomic E-state index is -0.555. The minimum absolute atomic E-state index is 0.183. The van der Waals surface area contributed by atoms with E-state index in [9.17, 15) is 4.79 Å². The van der Waals surface area contributed by atoms with Crippen LogP contribution >= 0.6 is 11.6 Å². The molecule has 0 radical (unpaired) electrons. The number of halogens is 1. The molecule has 1 aromatic heterocycles. The van der Waals surface area contributed by atoms with Crippen LogP contribution in [0.3, 0.4) is 0 Å². The van der Waals surface area contributed by atoms with Crippen LogP contribution in [0.1, 0.15) is 28.8 Å². The molecule has 0 fully saturated rings. The fourth-order valence-electron chi connectivity index (χ4n) is 1.00. The Balaban J connectivity index is 3.05. The fourth-order valence-corrected chi connectivity index (χ4v) is 1.23. The molecule has 0 aromatic carbocycles. The van der Waals surface area contributed by atoms with Crippen LogP contribution in [0.15, 0.2) is 10.5 Å². The van der Waals surface area contributed by atoms with Crippen molar-refractivity contribution in [3.8, 4) is 0 Å². The zero-order chi connectivity index (χ0) is 9.14. The van der Waals surface area contributed by atoms with Gasteiger partial charge in [0.05, 0.1) is 5.88 Å². The molecule has 0 atom stereocenters. The molecule has 0 saturated heterocycles. The van der Waals surface area contributed by atoms with E-state index in [2.05, 4.69) is 0 Å². The van der Waals surface area contributed by atoms with Crippen LogP contribution in [0.25, 0.3) is 0 Å². The van der Waals surface area contributed by atoms with Gasteiger partial charge in [0.1, 0.15) is 5.76 Å². The van der Waals surface area contributed by atoms with Gasteiger partial charge in [0, 0.05) is 12.0 Å². The van der Waals surface area contributed by atoms with Crippen molar-refractivity contribution in [1.29, 1.82) is 0 Å². The second-order valence-electron chi connectivity index (χ2n) is 2.41. The van der Waals surface area contributed by atoms with Crippen molar-refractivity contribution >= 4 is 17.5 Å². The van der Waals surface area contributed by atoms with Crippen molar-refractivity contribution in [3.63, 3.8) is 0 Å². The Labute approximate surface area is 75.5 Å². The van der Waals surface area contributed by atoms with Crippen LogP contribution in [0.2, 0.25) is 0 Å². The van der Waals surface area contributed by atoms with E-state index in [1.54, 1.807) is 6.07 Å². The van der Waals surface area contributed by atoms with Gasteiger partial charge in [-0.05, 0) is 6.07 Å². The van der Waals surface area contributed by atoms with E-state index in [0.717, 1.165) is 17.7 Å². The van der Waals surface area contributed by atoms with Crippen molar-refractivity contribution in [1.82, 2.24) is 0 Å². The molecular weight excluding hydrogens is 178 g/mol. The lowest BCUT2D eigenvalue weighted by atomic mass is 10.2. The number of alkyl halides is 1. The molecule has 0 spiro atoms. The minimum Gasteiger partial charge on any atom is -0.456 e. The summed E-state index contributed by atoms with van der Waals surface area (Å²) in [5.41, 5.74) is 5.87. The smallest absolute Gasteiger partial charge is 0.284 e. The molecule has 0 unspecified atom stereocenters. The zero-order valence-electron chi connectivity index (χ0n) is 6.76. The summed E-state index contributed by atoms with van der Waals surface area (Å²) in [5, 5.41) is 0. The van der Waals surface area contributed by atoms with Crippen molar-refractivity contribution in [2.75, 3.05) is 0 Å². The molecule has 4 heteroatoms. The Morgan fingerprint density at radius 1 is 1.75 bits per heavy atom. The molecular formula is C8H10ClNO2. The molecule has 66 valence electrons. The molecule has 0 aliphatic carbocycles. The largest absolute Gasteiger partial charge is 0.456 e. The summed E-state index contributed by atoms with van der Waals surface area (Å²) in [6, 6.07) is 1.59. The molecule has 1 aromatic rings. The van der Waals surface area contributed by atoms with Crippen LogP contribution < -0.4 is 5.73 Å². The van der Waals surface area contributed by atoms with Gasteiger partial charge in [0.15, 0.2) is 5.76 Å². The van der Waals surface area contributed by atoms with Gasteiger partial charge in [-0.1, -0.05) is 6.92 Å². The highest BCUT2D eigenvalue weighted by Crippen LogP contribution is 2.17. The summed E-state index contributed by atoms with van der Waals surface area (Å²) < 4.78 is 5.16. The number of aryl methyl sites for hydroxylation is 1. The number of hydrogen-bond acceptors (Lipinski definition) is 2. The third-order valence-electron chi connectivity index (χ3n) is 1.60. The average Bonchev–Trinajstić information content (AvgIpc) is 2.46. The van der Waals surface area contributed by atoms with Gasteiger partial charge in [-0.15, -0.1) is 11.6 Å². The Bertz CT molecular complexity index is 272. The summed E-state index contributed by atoms with van der Waals surface area (Å²) in [6.45, 7) is 1.93. The van der Waals surface area contributed by atoms with Gasteiger partial charge in [-0.25, -0.2) is 0 Å². The summed E-state index contributed by atoms with van der Waals surface area (Å²) in [6.07, 6.45) is 0.718. The van der Waals surface area contributed by atoms with Crippen LogP contribution in [-0.4, -0.2) is 5.91 Å². The number of furan rings is 1. The molecule has 12 heavy (non-hydrogen) atoms. The molecule has 0 aliphatic heterocycles. The van der Waals surface area contributed by atoms with Crippen LogP contribution in [-0.2, 0) is 12.3 Å². The van der Waals surface area contributed by atoms with E-state index in [4.69, 9.17) is 21.8 Å². The number of primary amides is 1. The third-order valence-corrected chi connectivity index (χ3v) is 1.89. The molecule has 0 saturated carbocycles. The molecule has 1 amide bonds. The summed E-state index contributed by atoms with van der Waals surface area (Å²) >= 11 is 5.62. The third kappa shape index (κ3) is 1.61. The first-order valence-corrected chi connectivity index (χ1v) is 4.19. The van der Waals surface area contributed by atoms with E-state index in [1.807, 2.05) is 6.92 Å². The summed E-state index contributed by atoms with van der Waals surface area (Å²) in [4.78, 5) is 10.7. The maximum Gasteiger partial charge on any atom is 0.284 e. The summed E-state index contributed by atoms with van der Waals surface area (Å²) in [5.74, 6) is 0.710. The van der Waals surface area contributed by atoms with Gasteiger partial charge in [-0.3, -0.25) is 4.79 Å². The lowest BCUT2D eigenvalue weighted by molar-refractivity contribution is 0.0972. The number of carbonyl (C=O) groups is 1. The first-order chi connectivity index (χ1) is 5.69. The van der Waals surface area contributed by atoms with Crippen molar-refractivity contribution < 1.29 is 9.21 Å². The standard InChI is InChI=1S/C8H10ClNO2/c1-2-6-5(4-9)3-7(12-6)8(10)11/h3H,2,4H2,1H3,(H2,10,11). The highest BCUT2D eigenvalue weighted by atomic mass is 35.5. The SMILES string of the molecule is CCc1oc(C(N)=O)cc1CCl. The molecule has 1 heterocycles. The van der Waals surface area contributed by atoms with Crippen molar-refractivity contribution in [2.45, 2.75) is 19.2 Å². The predicted molar refractivity (Wildman–Crippen MR) is 46.2 cm³/mol. The van der Waals surface area contributed by atoms with Crippen molar-refractivity contribution in [3.05, 3.63) is 23.2 Å². The average molecular weight is 188 g/mol. The number of rotatable bonds is 3. The lowest BCUT2D eigenvalue weighted by Crippen LogP contribution is -2.09. The maximum absolute atomic E-state index is 10.7. The number of carbonyl (C=O) groups excluding carboxylic acids is 1. The van der Waals surface area contributed by atoms with E-state index in [0.29, 0.717) is 5.88 Å². The van der Waals surface area contributed by atoms with E-state index < -0.39 is 5.91 Å². The van der Waals surface area contributed by atoms with E-state index in [-0.39, 0.29) is 5.76 Å². The van der Waals surface area contributed by atoms with E-state index in [1.165, 1.54) is 0 Å². The van der Waals surface area contributed by atoms with Crippen molar-refractivity contribution in [2.24, 2.45) is 5.73 Å². The Kier molecular flexibility index (Phi) is 2.76. The molecule has 0 aliphatic rings. The molecule has 2 N–H and O–H groups in total. The molecule has 3 nitrogen and oxygen atoms in total. The normalized spacial score (nSPS) is 10.2. The monoisotopic (exact) mass is 187 g/mol. The van der Waals surface area contributed by atoms with Crippen LogP contribution in [0.4, 0.5) is 0 Å². The number of nitrogens with two attached hydrogens (primary N) is 1. The second-order valence-corrected chi connectivity index (χ2v) is 2.68. The number of amides is 1. The predicted octanol–water partition coefficient (Wildman–Crippen LogP) is 1.68. The summed E-state index contributed by atoms with van der Waals surface area (Å²) in [7, 11) is 0. The van der Waals surface area contributed by atoms with Gasteiger partial charge < -0.3 is 10.2 Å². The maximum atomic E-state index is 10.7. The van der Waals surface area contributed by atoms with Crippen LogP contribution in [0.5, 0.6) is 0 Å². The Hall–Kier alpha value is -0.960. The second kappa shape index (κ2) is 3.63. The van der Waals surface area contributed by atoms with E-state index >= 15 is 0 Å². The Morgan fingerprint density at radius 2 is 2.42 bits per heavy atom.